The van der Waals surface area contributed by atoms with Gasteiger partial charge in [-0.2, -0.15) is 0 Å². The minimum absolute atomic E-state index is 0.517. The monoisotopic (exact) mass is 205 g/mol. The Morgan fingerprint density at radius 1 is 1.13 bits per heavy atom. The number of hydrogen-bond acceptors (Lipinski definition) is 1. The second-order valence-corrected chi connectivity index (χ2v) is 4.40. The van der Waals surface area contributed by atoms with Gasteiger partial charge in [0.05, 0.1) is 0 Å². The number of hydrogen-bond donors (Lipinski definition) is 1. The Kier molecular flexibility index (Phi) is 4.83. The quantitative estimate of drug-likeness (QED) is 0.772. The SMILES string of the molecule is CCCCC(NC)c1cc(C)cc(C)c1. The Morgan fingerprint density at radius 2 is 1.73 bits per heavy atom. The van der Waals surface area contributed by atoms with Crippen LogP contribution in [0.15, 0.2) is 18.2 Å². The van der Waals surface area contributed by atoms with Crippen LogP contribution in [0.2, 0.25) is 0 Å². The van der Waals surface area contributed by atoms with Gasteiger partial charge in [0.1, 0.15) is 0 Å². The van der Waals surface area contributed by atoms with Crippen molar-refractivity contribution in [3.8, 4) is 0 Å². The summed E-state index contributed by atoms with van der Waals surface area (Å²) >= 11 is 0. The fraction of sp³-hybridized carbons (Fsp3) is 0.571. The predicted octanol–water partition coefficient (Wildman–Crippen LogP) is 3.75. The molecule has 0 aliphatic heterocycles. The summed E-state index contributed by atoms with van der Waals surface area (Å²) in [6, 6.07) is 7.34. The fourth-order valence-corrected chi connectivity index (χ4v) is 2.10. The molecule has 0 aliphatic rings. The van der Waals surface area contributed by atoms with E-state index in [1.165, 1.54) is 36.0 Å². The maximum absolute atomic E-state index is 3.41. The number of rotatable bonds is 5. The highest BCUT2D eigenvalue weighted by Crippen LogP contribution is 2.21. The van der Waals surface area contributed by atoms with Crippen LogP contribution >= 0.6 is 0 Å². The van der Waals surface area contributed by atoms with E-state index in [-0.39, 0.29) is 0 Å². The highest BCUT2D eigenvalue weighted by atomic mass is 14.9. The van der Waals surface area contributed by atoms with E-state index in [9.17, 15) is 0 Å². The van der Waals surface area contributed by atoms with Crippen LogP contribution < -0.4 is 5.32 Å². The maximum atomic E-state index is 3.41. The van der Waals surface area contributed by atoms with Crippen LogP contribution in [-0.4, -0.2) is 7.05 Å². The van der Waals surface area contributed by atoms with Crippen LogP contribution in [-0.2, 0) is 0 Å². The van der Waals surface area contributed by atoms with E-state index in [4.69, 9.17) is 0 Å². The molecule has 1 N–H and O–H groups in total. The van der Waals surface area contributed by atoms with Crippen molar-refractivity contribution in [3.63, 3.8) is 0 Å². The molecule has 0 saturated heterocycles. The summed E-state index contributed by atoms with van der Waals surface area (Å²) in [5.74, 6) is 0. The van der Waals surface area contributed by atoms with Gasteiger partial charge in [-0.25, -0.2) is 0 Å². The zero-order chi connectivity index (χ0) is 11.3. The van der Waals surface area contributed by atoms with Gasteiger partial charge in [-0.3, -0.25) is 0 Å². The highest BCUT2D eigenvalue weighted by molar-refractivity contribution is 5.30. The smallest absolute Gasteiger partial charge is 0.0317 e. The molecule has 1 heteroatoms. The zero-order valence-corrected chi connectivity index (χ0v) is 10.4. The van der Waals surface area contributed by atoms with Crippen molar-refractivity contribution in [2.24, 2.45) is 0 Å². The molecule has 1 atom stereocenters. The third kappa shape index (κ3) is 3.67. The Bertz CT molecular complexity index is 284. The average Bonchev–Trinajstić information content (AvgIpc) is 2.17. The van der Waals surface area contributed by atoms with Gasteiger partial charge in [0.2, 0.25) is 0 Å². The van der Waals surface area contributed by atoms with Crippen molar-refractivity contribution in [1.82, 2.24) is 5.32 Å². The third-order valence-corrected chi connectivity index (χ3v) is 2.84. The molecule has 0 aromatic heterocycles. The van der Waals surface area contributed by atoms with Crippen LogP contribution in [0.25, 0.3) is 0 Å². The molecule has 0 heterocycles. The van der Waals surface area contributed by atoms with Crippen molar-refractivity contribution in [2.75, 3.05) is 7.05 Å². The lowest BCUT2D eigenvalue weighted by molar-refractivity contribution is 0.522. The third-order valence-electron chi connectivity index (χ3n) is 2.84. The van der Waals surface area contributed by atoms with Crippen molar-refractivity contribution < 1.29 is 0 Å². The summed E-state index contributed by atoms with van der Waals surface area (Å²) in [4.78, 5) is 0. The average molecular weight is 205 g/mol. The van der Waals surface area contributed by atoms with Gasteiger partial charge in [-0.1, -0.05) is 49.1 Å². The molecule has 0 spiro atoms. The number of unbranched alkanes of at least 4 members (excludes halogenated alkanes) is 1. The second-order valence-electron chi connectivity index (χ2n) is 4.40. The molecule has 0 aliphatic carbocycles. The largest absolute Gasteiger partial charge is 0.313 e. The lowest BCUT2D eigenvalue weighted by atomic mass is 9.98. The summed E-state index contributed by atoms with van der Waals surface area (Å²) in [6.07, 6.45) is 3.79. The Labute approximate surface area is 93.9 Å². The summed E-state index contributed by atoms with van der Waals surface area (Å²) < 4.78 is 0. The van der Waals surface area contributed by atoms with E-state index >= 15 is 0 Å². The van der Waals surface area contributed by atoms with Gasteiger partial charge in [-0.05, 0) is 32.9 Å². The molecule has 1 unspecified atom stereocenters. The molecule has 1 aromatic rings. The number of nitrogens with one attached hydrogen (secondary N) is 1. The molecule has 1 aromatic carbocycles. The first-order valence-corrected chi connectivity index (χ1v) is 5.92. The van der Waals surface area contributed by atoms with Crippen LogP contribution in [0.3, 0.4) is 0 Å². The van der Waals surface area contributed by atoms with E-state index in [0.29, 0.717) is 6.04 Å². The lowest BCUT2D eigenvalue weighted by Gasteiger charge is -2.17. The Hall–Kier alpha value is -0.820. The Balaban J connectivity index is 2.81. The zero-order valence-electron chi connectivity index (χ0n) is 10.4. The van der Waals surface area contributed by atoms with E-state index in [1.807, 2.05) is 0 Å². The summed E-state index contributed by atoms with van der Waals surface area (Å²) in [6.45, 7) is 6.58. The minimum Gasteiger partial charge on any atom is -0.313 e. The van der Waals surface area contributed by atoms with Crippen LogP contribution in [0.1, 0.15) is 48.9 Å². The van der Waals surface area contributed by atoms with Gasteiger partial charge < -0.3 is 5.32 Å². The Morgan fingerprint density at radius 3 is 2.20 bits per heavy atom. The van der Waals surface area contributed by atoms with Gasteiger partial charge in [0.15, 0.2) is 0 Å². The van der Waals surface area contributed by atoms with Crippen LogP contribution in [0.4, 0.5) is 0 Å². The summed E-state index contributed by atoms with van der Waals surface area (Å²) in [7, 11) is 2.05. The normalized spacial score (nSPS) is 12.8. The first-order chi connectivity index (χ1) is 7.17. The first kappa shape index (κ1) is 12.3. The molecule has 0 fully saturated rings. The van der Waals surface area contributed by atoms with E-state index in [0.717, 1.165) is 0 Å². The number of benzene rings is 1. The van der Waals surface area contributed by atoms with E-state index in [2.05, 4.69) is 51.3 Å². The molecule has 1 nitrogen and oxygen atoms in total. The van der Waals surface area contributed by atoms with Crippen LogP contribution in [0, 0.1) is 13.8 Å². The summed E-state index contributed by atoms with van der Waals surface area (Å²) in [5.41, 5.74) is 4.16. The molecule has 15 heavy (non-hydrogen) atoms. The van der Waals surface area contributed by atoms with Crippen LogP contribution in [0.5, 0.6) is 0 Å². The van der Waals surface area contributed by atoms with Gasteiger partial charge in [-0.15, -0.1) is 0 Å². The highest BCUT2D eigenvalue weighted by Gasteiger charge is 2.08. The molecule has 0 bridgehead atoms. The standard InChI is InChI=1S/C14H23N/c1-5-6-7-14(15-4)13-9-11(2)8-12(3)10-13/h8-10,14-15H,5-7H2,1-4H3. The molecular formula is C14H23N. The van der Waals surface area contributed by atoms with Gasteiger partial charge in [0, 0.05) is 6.04 Å². The molecule has 0 amide bonds. The summed E-state index contributed by atoms with van der Waals surface area (Å²) in [5, 5.41) is 3.41. The van der Waals surface area contributed by atoms with Gasteiger partial charge in [0.25, 0.3) is 0 Å². The molecule has 0 radical (unpaired) electrons. The molecule has 0 saturated carbocycles. The predicted molar refractivity (Wildman–Crippen MR) is 67.2 cm³/mol. The fourth-order valence-electron chi connectivity index (χ4n) is 2.10. The second kappa shape index (κ2) is 5.92. The number of aryl methyl sites for hydroxylation is 2. The van der Waals surface area contributed by atoms with Crippen molar-refractivity contribution in [2.45, 2.75) is 46.1 Å². The van der Waals surface area contributed by atoms with Gasteiger partial charge >= 0.3 is 0 Å². The lowest BCUT2D eigenvalue weighted by Crippen LogP contribution is -2.16. The van der Waals surface area contributed by atoms with Crippen molar-refractivity contribution >= 4 is 0 Å². The molecular weight excluding hydrogens is 182 g/mol. The van der Waals surface area contributed by atoms with E-state index in [1.54, 1.807) is 0 Å². The van der Waals surface area contributed by atoms with E-state index < -0.39 is 0 Å². The topological polar surface area (TPSA) is 12.0 Å². The van der Waals surface area contributed by atoms with Crippen molar-refractivity contribution in [1.29, 1.82) is 0 Å². The minimum atomic E-state index is 0.517. The van der Waals surface area contributed by atoms with Crippen molar-refractivity contribution in [3.05, 3.63) is 34.9 Å². The first-order valence-electron chi connectivity index (χ1n) is 5.92. The molecule has 1 rings (SSSR count). The molecule has 84 valence electrons. The maximum Gasteiger partial charge on any atom is 0.0317 e.